The zero-order valence-electron chi connectivity index (χ0n) is 8.60. The van der Waals surface area contributed by atoms with Gasteiger partial charge in [0.25, 0.3) is 5.91 Å². The van der Waals surface area contributed by atoms with E-state index in [0.717, 1.165) is 29.9 Å². The van der Waals surface area contributed by atoms with Crippen LogP contribution in [0, 0.1) is 0 Å². The van der Waals surface area contributed by atoms with E-state index in [1.54, 1.807) is 0 Å². The van der Waals surface area contributed by atoms with E-state index in [-0.39, 0.29) is 5.91 Å². The lowest BCUT2D eigenvalue weighted by molar-refractivity contribution is 0.0782. The first-order chi connectivity index (χ1) is 7.31. The topological polar surface area (TPSA) is 24.7 Å². The van der Waals surface area contributed by atoms with E-state index in [0.29, 0.717) is 0 Å². The van der Waals surface area contributed by atoms with Crippen molar-refractivity contribution in [3.05, 3.63) is 41.7 Å². The number of carbonyl (C=O) groups is 1. The second kappa shape index (κ2) is 2.86. The van der Waals surface area contributed by atoms with Crippen LogP contribution in [-0.4, -0.2) is 21.8 Å². The third-order valence-electron chi connectivity index (χ3n) is 3.01. The molecule has 0 atom stereocenters. The number of fused-ring (bicyclic) bond motifs is 3. The lowest BCUT2D eigenvalue weighted by Crippen LogP contribution is -2.23. The Kier molecular flexibility index (Phi) is 1.63. The number of hydrogen-bond acceptors (Lipinski definition) is 1. The fraction of sp³-hybridized carbons (Fsp3) is 0.250. The molecule has 76 valence electrons. The van der Waals surface area contributed by atoms with Gasteiger partial charge in [0.2, 0.25) is 0 Å². The molecule has 1 aliphatic heterocycles. The van der Waals surface area contributed by atoms with Crippen LogP contribution in [0.1, 0.15) is 23.0 Å². The van der Waals surface area contributed by atoms with Crippen LogP contribution >= 0.6 is 0 Å². The van der Waals surface area contributed by atoms with Crippen LogP contribution < -0.4 is 0 Å². The Balaban J connectivity index is 2.29. The summed E-state index contributed by atoms with van der Waals surface area (Å²) in [5, 5.41) is 0. The number of nitrogens with zero attached hydrogens (tertiary/aromatic N) is 2. The summed E-state index contributed by atoms with van der Waals surface area (Å²) in [5.41, 5.74) is 3.05. The van der Waals surface area contributed by atoms with Gasteiger partial charge in [-0.2, -0.15) is 0 Å². The number of pyridine rings is 1. The summed E-state index contributed by atoms with van der Waals surface area (Å²) in [6.45, 7) is 3.53. The number of carbonyl (C=O) groups excluding carboxylic acids is 1. The zero-order valence-corrected chi connectivity index (χ0v) is 8.60. The van der Waals surface area contributed by atoms with Gasteiger partial charge in [-0.1, -0.05) is 6.07 Å². The van der Waals surface area contributed by atoms with Crippen molar-refractivity contribution in [3.63, 3.8) is 0 Å². The minimum atomic E-state index is 0.148. The Labute approximate surface area is 87.9 Å². The molecule has 1 aliphatic rings. The molecule has 1 amide bonds. The van der Waals surface area contributed by atoms with E-state index in [1.165, 1.54) is 0 Å². The molecule has 0 radical (unpaired) electrons. The first-order valence-corrected chi connectivity index (χ1v) is 5.19. The average molecular weight is 200 g/mol. The van der Waals surface area contributed by atoms with Crippen LogP contribution in [0.4, 0.5) is 0 Å². The van der Waals surface area contributed by atoms with Crippen molar-refractivity contribution in [1.29, 1.82) is 0 Å². The van der Waals surface area contributed by atoms with Crippen LogP contribution in [0.15, 0.2) is 30.5 Å². The van der Waals surface area contributed by atoms with E-state index in [2.05, 4.69) is 12.1 Å². The summed E-state index contributed by atoms with van der Waals surface area (Å²) >= 11 is 0. The molecule has 3 rings (SSSR count). The van der Waals surface area contributed by atoms with Gasteiger partial charge < -0.3 is 9.30 Å². The summed E-state index contributed by atoms with van der Waals surface area (Å²) < 4.78 is 1.98. The molecular formula is C12H12N2O. The lowest BCUT2D eigenvalue weighted by atomic mass is 10.2. The maximum absolute atomic E-state index is 12.0. The molecule has 0 N–H and O–H groups in total. The molecule has 0 saturated heterocycles. The summed E-state index contributed by atoms with van der Waals surface area (Å²) in [6, 6.07) is 8.10. The zero-order chi connectivity index (χ0) is 10.4. The second-order valence-electron chi connectivity index (χ2n) is 3.83. The Morgan fingerprint density at radius 3 is 3.00 bits per heavy atom. The maximum atomic E-state index is 12.0. The van der Waals surface area contributed by atoms with Crippen LogP contribution in [-0.2, 0) is 6.54 Å². The normalized spacial score (nSPS) is 15.0. The Morgan fingerprint density at radius 1 is 1.33 bits per heavy atom. The highest BCUT2D eigenvalue weighted by Crippen LogP contribution is 2.24. The Bertz CT molecular complexity index is 542. The molecule has 0 saturated carbocycles. The maximum Gasteiger partial charge on any atom is 0.271 e. The van der Waals surface area contributed by atoms with Crippen LogP contribution in [0.5, 0.6) is 0 Å². The standard InChI is InChI=1S/C12H12N2O/c1-2-13-8-9-5-6-10-4-3-7-14(10)11(9)12(13)15/h3-7H,2,8H2,1H3. The third-order valence-corrected chi connectivity index (χ3v) is 3.01. The van der Waals surface area contributed by atoms with Crippen LogP contribution in [0.2, 0.25) is 0 Å². The molecule has 0 aliphatic carbocycles. The van der Waals surface area contributed by atoms with E-state index in [9.17, 15) is 4.79 Å². The molecule has 0 unspecified atom stereocenters. The highest BCUT2D eigenvalue weighted by Gasteiger charge is 2.28. The Hall–Kier alpha value is -1.77. The number of rotatable bonds is 1. The van der Waals surface area contributed by atoms with Gasteiger partial charge in [-0.3, -0.25) is 4.79 Å². The molecule has 0 aromatic carbocycles. The highest BCUT2D eigenvalue weighted by atomic mass is 16.2. The fourth-order valence-electron chi connectivity index (χ4n) is 2.20. The van der Waals surface area contributed by atoms with Crippen molar-refractivity contribution >= 4 is 11.4 Å². The highest BCUT2D eigenvalue weighted by molar-refractivity contribution is 5.97. The smallest absolute Gasteiger partial charge is 0.271 e. The number of aromatic nitrogens is 1. The molecule has 2 aromatic rings. The van der Waals surface area contributed by atoms with E-state index in [4.69, 9.17) is 0 Å². The predicted molar refractivity (Wildman–Crippen MR) is 57.8 cm³/mol. The fourth-order valence-corrected chi connectivity index (χ4v) is 2.20. The quantitative estimate of drug-likeness (QED) is 0.690. The molecule has 3 heterocycles. The molecule has 0 spiro atoms. The Morgan fingerprint density at radius 2 is 2.20 bits per heavy atom. The minimum Gasteiger partial charge on any atom is -0.333 e. The monoisotopic (exact) mass is 200 g/mol. The van der Waals surface area contributed by atoms with Gasteiger partial charge in [-0.25, -0.2) is 0 Å². The average Bonchev–Trinajstić information content (AvgIpc) is 2.81. The molecule has 0 fully saturated rings. The van der Waals surface area contributed by atoms with Gasteiger partial charge in [0, 0.05) is 30.4 Å². The van der Waals surface area contributed by atoms with Crippen molar-refractivity contribution < 1.29 is 4.79 Å². The van der Waals surface area contributed by atoms with Gasteiger partial charge in [0.15, 0.2) is 0 Å². The van der Waals surface area contributed by atoms with Gasteiger partial charge in [-0.05, 0) is 25.1 Å². The van der Waals surface area contributed by atoms with Gasteiger partial charge in [0.1, 0.15) is 5.69 Å². The lowest BCUT2D eigenvalue weighted by Gasteiger charge is -2.10. The molecule has 0 bridgehead atoms. The van der Waals surface area contributed by atoms with E-state index >= 15 is 0 Å². The summed E-state index contributed by atoms with van der Waals surface area (Å²) in [7, 11) is 0. The van der Waals surface area contributed by atoms with Crippen LogP contribution in [0.3, 0.4) is 0 Å². The van der Waals surface area contributed by atoms with Gasteiger partial charge in [-0.15, -0.1) is 0 Å². The van der Waals surface area contributed by atoms with Gasteiger partial charge in [0.05, 0.1) is 0 Å². The number of hydrogen-bond donors (Lipinski definition) is 0. The van der Waals surface area contributed by atoms with Crippen molar-refractivity contribution in [1.82, 2.24) is 9.30 Å². The summed E-state index contributed by atoms with van der Waals surface area (Å²) in [6.07, 6.45) is 1.95. The van der Waals surface area contributed by atoms with E-state index in [1.807, 2.05) is 34.6 Å². The van der Waals surface area contributed by atoms with E-state index < -0.39 is 0 Å². The summed E-state index contributed by atoms with van der Waals surface area (Å²) in [5.74, 6) is 0.148. The summed E-state index contributed by atoms with van der Waals surface area (Å²) in [4.78, 5) is 13.9. The number of amides is 1. The molecule has 2 aromatic heterocycles. The van der Waals surface area contributed by atoms with Crippen LogP contribution in [0.25, 0.3) is 5.52 Å². The molecule has 15 heavy (non-hydrogen) atoms. The second-order valence-corrected chi connectivity index (χ2v) is 3.83. The van der Waals surface area contributed by atoms with Crippen molar-refractivity contribution in [3.8, 4) is 0 Å². The van der Waals surface area contributed by atoms with Crippen molar-refractivity contribution in [2.24, 2.45) is 0 Å². The predicted octanol–water partition coefficient (Wildman–Crippen LogP) is 1.92. The largest absolute Gasteiger partial charge is 0.333 e. The molecular weight excluding hydrogens is 188 g/mol. The minimum absolute atomic E-state index is 0.148. The first-order valence-electron chi connectivity index (χ1n) is 5.19. The van der Waals surface area contributed by atoms with Gasteiger partial charge >= 0.3 is 0 Å². The van der Waals surface area contributed by atoms with Crippen molar-refractivity contribution in [2.45, 2.75) is 13.5 Å². The molecule has 3 heteroatoms. The first kappa shape index (κ1) is 8.53. The SMILES string of the molecule is CCN1Cc2ccc3cccn3c2C1=O. The van der Waals surface area contributed by atoms with Crippen molar-refractivity contribution in [2.75, 3.05) is 6.54 Å². The molecule has 3 nitrogen and oxygen atoms in total. The third kappa shape index (κ3) is 1.03.